The van der Waals surface area contributed by atoms with Gasteiger partial charge in [-0.25, -0.2) is 4.98 Å². The molecule has 1 spiro atoms. The van der Waals surface area contributed by atoms with Gasteiger partial charge >= 0.3 is 0 Å². The number of nitrogens with zero attached hydrogens (tertiary/aromatic N) is 2. The monoisotopic (exact) mass is 298 g/mol. The highest BCUT2D eigenvalue weighted by atomic mass is 16.5. The Morgan fingerprint density at radius 2 is 2.18 bits per heavy atom. The third kappa shape index (κ3) is 1.57. The Balaban J connectivity index is 1.49. The minimum atomic E-state index is -0.209. The molecule has 0 bridgehead atoms. The van der Waals surface area contributed by atoms with E-state index in [2.05, 4.69) is 21.7 Å². The van der Waals surface area contributed by atoms with Gasteiger partial charge in [0.15, 0.2) is 0 Å². The molecule has 3 atom stereocenters. The van der Waals surface area contributed by atoms with Gasteiger partial charge in [0.25, 0.3) is 0 Å². The molecule has 1 N–H and O–H groups in total. The molecule has 2 aliphatic carbocycles. The molecule has 2 aliphatic heterocycles. The van der Waals surface area contributed by atoms with Crippen LogP contribution in [0.1, 0.15) is 43.8 Å². The number of aliphatic hydroxyl groups excluding tert-OH is 1. The van der Waals surface area contributed by atoms with Gasteiger partial charge in [-0.3, -0.25) is 0 Å². The first-order chi connectivity index (χ1) is 10.8. The summed E-state index contributed by atoms with van der Waals surface area (Å²) in [5, 5.41) is 11.0. The van der Waals surface area contributed by atoms with Gasteiger partial charge in [-0.1, -0.05) is 12.2 Å². The van der Waals surface area contributed by atoms with E-state index in [1.54, 1.807) is 0 Å². The zero-order valence-electron chi connectivity index (χ0n) is 12.7. The number of allylic oxidation sites excluding steroid dienone is 4. The van der Waals surface area contributed by atoms with E-state index in [-0.39, 0.29) is 17.6 Å². The van der Waals surface area contributed by atoms with Crippen molar-refractivity contribution in [2.75, 3.05) is 13.2 Å². The molecule has 5 rings (SSSR count). The van der Waals surface area contributed by atoms with Crippen LogP contribution < -0.4 is 0 Å². The number of aliphatic hydroxyl groups is 1. The number of aromatic nitrogens is 2. The lowest BCUT2D eigenvalue weighted by Crippen LogP contribution is -2.57. The highest BCUT2D eigenvalue weighted by Gasteiger charge is 2.57. The van der Waals surface area contributed by atoms with Gasteiger partial charge in [0.1, 0.15) is 0 Å². The molecule has 4 aliphatic rings. The van der Waals surface area contributed by atoms with E-state index >= 15 is 0 Å². The van der Waals surface area contributed by atoms with Gasteiger partial charge < -0.3 is 14.4 Å². The first-order valence-electron chi connectivity index (χ1n) is 8.48. The molecule has 1 aromatic heterocycles. The normalized spacial score (nSPS) is 35.4. The molecule has 22 heavy (non-hydrogen) atoms. The number of hydrogen-bond donors (Lipinski definition) is 1. The predicted octanol–water partition coefficient (Wildman–Crippen LogP) is 2.72. The summed E-state index contributed by atoms with van der Waals surface area (Å²) >= 11 is 0. The summed E-state index contributed by atoms with van der Waals surface area (Å²) in [6.45, 7) is 1.61. The van der Waals surface area contributed by atoms with Gasteiger partial charge in [0.2, 0.25) is 0 Å². The minimum absolute atomic E-state index is 0.116. The van der Waals surface area contributed by atoms with Crippen molar-refractivity contribution in [3.8, 4) is 0 Å². The number of rotatable bonds is 1. The zero-order valence-corrected chi connectivity index (χ0v) is 12.7. The third-order valence-corrected chi connectivity index (χ3v) is 6.37. The topological polar surface area (TPSA) is 47.3 Å². The maximum absolute atomic E-state index is 11.0. The van der Waals surface area contributed by atoms with Crippen molar-refractivity contribution in [2.24, 2.45) is 11.3 Å². The Morgan fingerprint density at radius 1 is 1.32 bits per heavy atom. The second-order valence-corrected chi connectivity index (χ2v) is 7.29. The fourth-order valence-corrected chi connectivity index (χ4v) is 5.14. The van der Waals surface area contributed by atoms with Crippen molar-refractivity contribution in [1.29, 1.82) is 0 Å². The van der Waals surface area contributed by atoms with Crippen molar-refractivity contribution in [3.63, 3.8) is 0 Å². The lowest BCUT2D eigenvalue weighted by Gasteiger charge is -2.56. The average molecular weight is 298 g/mol. The molecule has 0 unspecified atom stereocenters. The second kappa shape index (κ2) is 4.56. The third-order valence-electron chi connectivity index (χ3n) is 6.37. The van der Waals surface area contributed by atoms with Crippen LogP contribution in [0.3, 0.4) is 0 Å². The van der Waals surface area contributed by atoms with Gasteiger partial charge in [-0.05, 0) is 43.3 Å². The van der Waals surface area contributed by atoms with E-state index in [0.717, 1.165) is 45.3 Å². The van der Waals surface area contributed by atoms with Gasteiger partial charge in [-0.2, -0.15) is 0 Å². The first kappa shape index (κ1) is 13.1. The van der Waals surface area contributed by atoms with E-state index in [4.69, 9.17) is 4.74 Å². The molecule has 1 aromatic rings. The number of imidazole rings is 1. The molecule has 3 heterocycles. The summed E-state index contributed by atoms with van der Waals surface area (Å²) in [5.41, 5.74) is 4.26. The molecule has 0 amide bonds. The van der Waals surface area contributed by atoms with E-state index in [1.165, 1.54) is 16.8 Å². The van der Waals surface area contributed by atoms with E-state index in [9.17, 15) is 5.11 Å². The van der Waals surface area contributed by atoms with Crippen molar-refractivity contribution >= 4 is 5.57 Å². The molecular weight excluding hydrogens is 276 g/mol. The van der Waals surface area contributed by atoms with Crippen LogP contribution >= 0.6 is 0 Å². The number of hydrogen-bond acceptors (Lipinski definition) is 3. The fraction of sp³-hybridized carbons (Fsp3) is 0.611. The van der Waals surface area contributed by atoms with Crippen LogP contribution in [-0.4, -0.2) is 34.0 Å². The van der Waals surface area contributed by atoms with Crippen molar-refractivity contribution < 1.29 is 9.84 Å². The van der Waals surface area contributed by atoms with E-state index < -0.39 is 0 Å². The Kier molecular flexibility index (Phi) is 2.71. The molecule has 0 radical (unpaired) electrons. The van der Waals surface area contributed by atoms with Crippen LogP contribution in [0.2, 0.25) is 0 Å². The zero-order chi connectivity index (χ0) is 14.7. The first-order valence-corrected chi connectivity index (χ1v) is 8.48. The summed E-state index contributed by atoms with van der Waals surface area (Å²) in [7, 11) is 0. The SMILES string of the molecule is O[C@@H]1[C@H]([C@H]2C3=C(CCC=C3)c3cncn32)CC12CCOCC2. The summed E-state index contributed by atoms with van der Waals surface area (Å²) in [5.74, 6) is 0.321. The Hall–Kier alpha value is -1.39. The second-order valence-electron chi connectivity index (χ2n) is 7.29. The molecule has 4 heteroatoms. The van der Waals surface area contributed by atoms with Crippen LogP contribution in [0.25, 0.3) is 5.57 Å². The van der Waals surface area contributed by atoms with Crippen molar-refractivity contribution in [1.82, 2.24) is 9.55 Å². The quantitative estimate of drug-likeness (QED) is 0.867. The van der Waals surface area contributed by atoms with Crippen LogP contribution in [0.4, 0.5) is 0 Å². The molecule has 116 valence electrons. The number of ether oxygens (including phenoxy) is 1. The van der Waals surface area contributed by atoms with Crippen LogP contribution in [0.15, 0.2) is 30.2 Å². The summed E-state index contributed by atoms with van der Waals surface area (Å²) in [6.07, 6.45) is 13.7. The molecule has 0 aromatic carbocycles. The molecule has 1 saturated carbocycles. The molecule has 2 fully saturated rings. The smallest absolute Gasteiger partial charge is 0.0956 e. The van der Waals surface area contributed by atoms with Crippen LogP contribution in [0.5, 0.6) is 0 Å². The molecule has 1 saturated heterocycles. The minimum Gasteiger partial charge on any atom is -0.392 e. The largest absolute Gasteiger partial charge is 0.392 e. The van der Waals surface area contributed by atoms with Crippen molar-refractivity contribution in [3.05, 3.63) is 35.9 Å². The Labute approximate surface area is 130 Å². The molecular formula is C18H22N2O2. The Bertz CT molecular complexity index is 666. The summed E-state index contributed by atoms with van der Waals surface area (Å²) < 4.78 is 7.80. The Morgan fingerprint density at radius 3 is 3.00 bits per heavy atom. The standard InChI is InChI=1S/C18H22N2O2/c21-17-14(9-18(17)5-7-22-8-6-18)16-13-4-2-1-3-12(13)15-10-19-11-20(15)16/h2,4,10-11,14,16-17,21H,1,3,5-9H2/t14-,16+,17+/m0/s1. The maximum atomic E-state index is 11.0. The van der Waals surface area contributed by atoms with Gasteiger partial charge in [0.05, 0.1) is 30.4 Å². The van der Waals surface area contributed by atoms with E-state index in [1.807, 2.05) is 12.5 Å². The van der Waals surface area contributed by atoms with Crippen LogP contribution in [-0.2, 0) is 4.74 Å². The number of fused-ring (bicyclic) bond motifs is 2. The van der Waals surface area contributed by atoms with Crippen LogP contribution in [0, 0.1) is 11.3 Å². The fourth-order valence-electron chi connectivity index (χ4n) is 5.14. The predicted molar refractivity (Wildman–Crippen MR) is 83.2 cm³/mol. The van der Waals surface area contributed by atoms with Crippen molar-refractivity contribution in [2.45, 2.75) is 44.2 Å². The lowest BCUT2D eigenvalue weighted by atomic mass is 9.53. The highest BCUT2D eigenvalue weighted by Crippen LogP contribution is 2.59. The average Bonchev–Trinajstić information content (AvgIpc) is 3.14. The lowest BCUT2D eigenvalue weighted by molar-refractivity contribution is -0.173. The summed E-state index contributed by atoms with van der Waals surface area (Å²) in [6, 6.07) is 0.285. The summed E-state index contributed by atoms with van der Waals surface area (Å²) in [4.78, 5) is 4.36. The van der Waals surface area contributed by atoms with E-state index in [0.29, 0.717) is 5.92 Å². The van der Waals surface area contributed by atoms with Gasteiger partial charge in [0, 0.05) is 24.5 Å². The highest BCUT2D eigenvalue weighted by molar-refractivity contribution is 5.74. The maximum Gasteiger partial charge on any atom is 0.0956 e. The molecule has 4 nitrogen and oxygen atoms in total. The van der Waals surface area contributed by atoms with Gasteiger partial charge in [-0.15, -0.1) is 0 Å².